The number of carbonyl (C=O) groups excluding carboxylic acids is 1. The number of amides is 1. The Morgan fingerprint density at radius 2 is 1.95 bits per heavy atom. The van der Waals surface area contributed by atoms with Gasteiger partial charge < -0.3 is 10.6 Å². The number of hydrogen-bond acceptors (Lipinski definition) is 2. The second-order valence-corrected chi connectivity index (χ2v) is 5.65. The summed E-state index contributed by atoms with van der Waals surface area (Å²) in [6.07, 6.45) is 2.04. The fourth-order valence-corrected chi connectivity index (χ4v) is 2.26. The van der Waals surface area contributed by atoms with Gasteiger partial charge in [-0.3, -0.25) is 4.79 Å². The van der Waals surface area contributed by atoms with Crippen LogP contribution in [0.3, 0.4) is 0 Å². The fraction of sp³-hybridized carbons (Fsp3) is 0.562. The van der Waals surface area contributed by atoms with E-state index in [0.717, 1.165) is 36.2 Å². The van der Waals surface area contributed by atoms with Gasteiger partial charge in [-0.25, -0.2) is 0 Å². The number of carbonyl (C=O) groups is 1. The molecule has 1 aromatic rings. The lowest BCUT2D eigenvalue weighted by Crippen LogP contribution is -2.43. The van der Waals surface area contributed by atoms with Crippen molar-refractivity contribution in [2.24, 2.45) is 0 Å². The predicted octanol–water partition coefficient (Wildman–Crippen LogP) is 3.74. The topological polar surface area (TPSA) is 41.1 Å². The highest BCUT2D eigenvalue weighted by atomic mass is 16.1. The van der Waals surface area contributed by atoms with Crippen molar-refractivity contribution in [3.8, 4) is 0 Å². The molecule has 2 N–H and O–H groups in total. The Labute approximate surface area is 116 Å². The molecule has 0 aliphatic rings. The van der Waals surface area contributed by atoms with Crippen molar-refractivity contribution in [2.45, 2.75) is 53.0 Å². The Bertz CT molecular complexity index is 438. The second-order valence-electron chi connectivity index (χ2n) is 5.65. The third kappa shape index (κ3) is 4.58. The molecule has 1 rings (SSSR count). The minimum atomic E-state index is -0.153. The van der Waals surface area contributed by atoms with E-state index in [1.54, 1.807) is 0 Å². The number of benzene rings is 1. The predicted molar refractivity (Wildman–Crippen MR) is 81.8 cm³/mol. The minimum absolute atomic E-state index is 0.00426. The zero-order valence-electron chi connectivity index (χ0n) is 12.8. The molecule has 0 bridgehead atoms. The molecule has 1 amide bonds. The molecule has 0 aromatic heterocycles. The number of nitrogens with one attached hydrogen (secondary N) is 2. The first kappa shape index (κ1) is 15.5. The van der Waals surface area contributed by atoms with Crippen LogP contribution in [0.5, 0.6) is 0 Å². The lowest BCUT2D eigenvalue weighted by atomic mass is 9.98. The van der Waals surface area contributed by atoms with Crippen LogP contribution in [0.4, 0.5) is 5.69 Å². The number of rotatable bonds is 6. The molecule has 1 aromatic carbocycles. The zero-order chi connectivity index (χ0) is 14.5. The van der Waals surface area contributed by atoms with Crippen LogP contribution >= 0.6 is 0 Å². The van der Waals surface area contributed by atoms with E-state index in [1.807, 2.05) is 25.1 Å². The van der Waals surface area contributed by atoms with E-state index in [0.29, 0.717) is 0 Å². The minimum Gasteiger partial charge on any atom is -0.385 e. The van der Waals surface area contributed by atoms with Gasteiger partial charge in [0.1, 0.15) is 0 Å². The summed E-state index contributed by atoms with van der Waals surface area (Å²) in [5.74, 6) is 0.00426. The van der Waals surface area contributed by atoms with Crippen molar-refractivity contribution in [3.63, 3.8) is 0 Å². The molecule has 0 atom stereocenters. The maximum Gasteiger partial charge on any atom is 0.251 e. The van der Waals surface area contributed by atoms with Crippen LogP contribution < -0.4 is 10.6 Å². The van der Waals surface area contributed by atoms with Gasteiger partial charge in [-0.05, 0) is 57.9 Å². The van der Waals surface area contributed by atoms with Crippen molar-refractivity contribution in [1.82, 2.24) is 5.32 Å². The summed E-state index contributed by atoms with van der Waals surface area (Å²) in [5.41, 5.74) is 2.76. The monoisotopic (exact) mass is 262 g/mol. The number of anilines is 1. The lowest BCUT2D eigenvalue weighted by molar-refractivity contribution is 0.0909. The quantitative estimate of drug-likeness (QED) is 0.820. The lowest BCUT2D eigenvalue weighted by Gasteiger charge is -2.26. The molecule has 0 spiro atoms. The largest absolute Gasteiger partial charge is 0.385 e. The third-order valence-corrected chi connectivity index (χ3v) is 3.18. The van der Waals surface area contributed by atoms with Crippen LogP contribution in [0.25, 0.3) is 0 Å². The maximum atomic E-state index is 12.2. The first-order chi connectivity index (χ1) is 8.89. The van der Waals surface area contributed by atoms with Gasteiger partial charge in [0.25, 0.3) is 5.91 Å². The van der Waals surface area contributed by atoms with E-state index in [1.165, 1.54) is 0 Å². The average molecular weight is 262 g/mol. The fourth-order valence-electron chi connectivity index (χ4n) is 2.26. The molecule has 0 saturated carbocycles. The molecule has 3 heteroatoms. The van der Waals surface area contributed by atoms with Crippen LogP contribution in [0, 0.1) is 6.92 Å². The molecular weight excluding hydrogens is 236 g/mol. The molecule has 0 fully saturated rings. The normalized spacial score (nSPS) is 11.2. The van der Waals surface area contributed by atoms with Crippen molar-refractivity contribution >= 4 is 11.6 Å². The zero-order valence-corrected chi connectivity index (χ0v) is 12.8. The summed E-state index contributed by atoms with van der Waals surface area (Å²) in [7, 11) is 0. The van der Waals surface area contributed by atoms with Crippen LogP contribution in [-0.4, -0.2) is 18.0 Å². The van der Waals surface area contributed by atoms with E-state index in [2.05, 4.69) is 38.3 Å². The summed E-state index contributed by atoms with van der Waals surface area (Å²) < 4.78 is 0. The SMILES string of the molecule is CCCC(C)(C)NC(=O)c1ccc(NCC)c(C)c1. The molecule has 0 radical (unpaired) electrons. The highest BCUT2D eigenvalue weighted by molar-refractivity contribution is 5.95. The number of hydrogen-bond donors (Lipinski definition) is 2. The molecule has 3 nitrogen and oxygen atoms in total. The van der Waals surface area contributed by atoms with Gasteiger partial charge in [0.15, 0.2) is 0 Å². The van der Waals surface area contributed by atoms with E-state index in [9.17, 15) is 4.79 Å². The highest BCUT2D eigenvalue weighted by Gasteiger charge is 2.20. The molecule has 0 unspecified atom stereocenters. The molecule has 0 aliphatic carbocycles. The summed E-state index contributed by atoms with van der Waals surface area (Å²) >= 11 is 0. The van der Waals surface area contributed by atoms with Crippen molar-refractivity contribution < 1.29 is 4.79 Å². The molecule has 0 aliphatic heterocycles. The molecule has 106 valence electrons. The Morgan fingerprint density at radius 3 is 2.47 bits per heavy atom. The van der Waals surface area contributed by atoms with Gasteiger partial charge in [-0.1, -0.05) is 13.3 Å². The average Bonchev–Trinajstić information content (AvgIpc) is 2.31. The van der Waals surface area contributed by atoms with Gasteiger partial charge >= 0.3 is 0 Å². The standard InChI is InChI=1S/C16H26N2O/c1-6-10-16(4,5)18-15(19)13-8-9-14(17-7-2)12(3)11-13/h8-9,11,17H,6-7,10H2,1-5H3,(H,18,19). The summed E-state index contributed by atoms with van der Waals surface area (Å²) in [4.78, 5) is 12.2. The summed E-state index contributed by atoms with van der Waals surface area (Å²) in [5, 5.41) is 6.37. The van der Waals surface area contributed by atoms with E-state index >= 15 is 0 Å². The van der Waals surface area contributed by atoms with Crippen molar-refractivity contribution in [3.05, 3.63) is 29.3 Å². The Hall–Kier alpha value is -1.51. The van der Waals surface area contributed by atoms with Gasteiger partial charge in [-0.2, -0.15) is 0 Å². The molecule has 0 heterocycles. The van der Waals surface area contributed by atoms with Gasteiger partial charge in [0, 0.05) is 23.3 Å². The van der Waals surface area contributed by atoms with E-state index < -0.39 is 0 Å². The smallest absolute Gasteiger partial charge is 0.251 e. The molecule has 0 saturated heterocycles. The highest BCUT2D eigenvalue weighted by Crippen LogP contribution is 2.18. The van der Waals surface area contributed by atoms with Crippen molar-refractivity contribution in [1.29, 1.82) is 0 Å². The molecular formula is C16H26N2O. The third-order valence-electron chi connectivity index (χ3n) is 3.18. The Morgan fingerprint density at radius 1 is 1.26 bits per heavy atom. The first-order valence-corrected chi connectivity index (χ1v) is 7.06. The van der Waals surface area contributed by atoms with E-state index in [4.69, 9.17) is 0 Å². The number of aryl methyl sites for hydroxylation is 1. The van der Waals surface area contributed by atoms with Crippen LogP contribution in [-0.2, 0) is 0 Å². The first-order valence-electron chi connectivity index (χ1n) is 7.06. The van der Waals surface area contributed by atoms with Crippen molar-refractivity contribution in [2.75, 3.05) is 11.9 Å². The van der Waals surface area contributed by atoms with E-state index in [-0.39, 0.29) is 11.4 Å². The summed E-state index contributed by atoms with van der Waals surface area (Å²) in [6.45, 7) is 11.2. The van der Waals surface area contributed by atoms with Crippen LogP contribution in [0.15, 0.2) is 18.2 Å². The molecule has 19 heavy (non-hydrogen) atoms. The Kier molecular flexibility index (Phi) is 5.40. The van der Waals surface area contributed by atoms with Crippen LogP contribution in [0.1, 0.15) is 56.5 Å². The second kappa shape index (κ2) is 6.60. The Balaban J connectivity index is 2.80. The van der Waals surface area contributed by atoms with Gasteiger partial charge in [0.05, 0.1) is 0 Å². The summed E-state index contributed by atoms with van der Waals surface area (Å²) in [6, 6.07) is 5.79. The maximum absolute atomic E-state index is 12.2. The van der Waals surface area contributed by atoms with Gasteiger partial charge in [0.2, 0.25) is 0 Å². The van der Waals surface area contributed by atoms with Gasteiger partial charge in [-0.15, -0.1) is 0 Å². The van der Waals surface area contributed by atoms with Crippen LogP contribution in [0.2, 0.25) is 0 Å².